The molecule has 172 valence electrons. The minimum atomic E-state index is -3.93. The average Bonchev–Trinajstić information content (AvgIpc) is 2.74. The van der Waals surface area contributed by atoms with Crippen molar-refractivity contribution >= 4 is 25.6 Å². The van der Waals surface area contributed by atoms with Crippen molar-refractivity contribution in [1.29, 1.82) is 0 Å². The van der Waals surface area contributed by atoms with Gasteiger partial charge in [-0.15, -0.1) is 0 Å². The molecule has 2 rings (SSSR count). The molecule has 0 aromatic carbocycles. The van der Waals surface area contributed by atoms with Crippen LogP contribution < -0.4 is 10.4 Å². The highest BCUT2D eigenvalue weighted by atomic mass is 31.2. The van der Waals surface area contributed by atoms with Crippen molar-refractivity contribution in [2.75, 3.05) is 20.3 Å². The van der Waals surface area contributed by atoms with E-state index in [4.69, 9.17) is 13.8 Å². The highest BCUT2D eigenvalue weighted by Crippen LogP contribution is 2.53. The van der Waals surface area contributed by atoms with Gasteiger partial charge in [-0.1, -0.05) is 13.8 Å². The van der Waals surface area contributed by atoms with E-state index < -0.39 is 43.2 Å². The molecular formula is C19H28N3O8P. The molecule has 0 aliphatic carbocycles. The summed E-state index contributed by atoms with van der Waals surface area (Å²) in [5.74, 6) is -1.69. The molecule has 0 spiro atoms. The molecule has 1 amide bonds. The number of nitrogens with one attached hydrogen (secondary N) is 2. The Bertz CT molecular complexity index is 833. The molecule has 1 aliphatic rings. The monoisotopic (exact) mass is 457 g/mol. The summed E-state index contributed by atoms with van der Waals surface area (Å²) >= 11 is 0. The van der Waals surface area contributed by atoms with Gasteiger partial charge in [0.05, 0.1) is 20.1 Å². The van der Waals surface area contributed by atoms with E-state index in [2.05, 4.69) is 20.1 Å². The molecule has 2 heterocycles. The number of nitrogens with zero attached hydrogens (tertiary/aromatic N) is 1. The molecule has 11 nitrogen and oxygen atoms in total. The maximum absolute atomic E-state index is 12.8. The fraction of sp³-hybridized carbons (Fsp3) is 0.579. The number of esters is 2. The van der Waals surface area contributed by atoms with Gasteiger partial charge in [-0.25, -0.2) is 9.65 Å². The molecule has 0 saturated carbocycles. The maximum Gasteiger partial charge on any atom is 0.407 e. The molecule has 1 aromatic rings. The lowest BCUT2D eigenvalue weighted by Crippen LogP contribution is -2.51. The second-order valence-corrected chi connectivity index (χ2v) is 9.40. The Labute approximate surface area is 180 Å². The highest BCUT2D eigenvalue weighted by Gasteiger charge is 2.48. The smallest absolute Gasteiger partial charge is 0.407 e. The number of carbonyl (C=O) groups excluding carboxylic acids is 3. The Morgan fingerprint density at radius 3 is 2.65 bits per heavy atom. The van der Waals surface area contributed by atoms with E-state index in [-0.39, 0.29) is 26.2 Å². The topological polar surface area (TPSA) is 142 Å². The van der Waals surface area contributed by atoms with E-state index in [0.717, 1.165) is 5.56 Å². The Hall–Kier alpha value is -2.33. The van der Waals surface area contributed by atoms with Crippen molar-refractivity contribution in [2.24, 2.45) is 5.41 Å². The number of ether oxygens (including phenoxy) is 2. The van der Waals surface area contributed by atoms with Gasteiger partial charge in [-0.3, -0.25) is 28.4 Å². The van der Waals surface area contributed by atoms with Crippen LogP contribution in [0, 0.1) is 5.41 Å². The molecule has 0 bridgehead atoms. The molecule has 1 aliphatic heterocycles. The van der Waals surface area contributed by atoms with Gasteiger partial charge in [-0.2, -0.15) is 0 Å². The van der Waals surface area contributed by atoms with Crippen LogP contribution in [0.25, 0.3) is 0 Å². The Kier molecular flexibility index (Phi) is 8.69. The average molecular weight is 457 g/mol. The van der Waals surface area contributed by atoms with Crippen LogP contribution in [0.4, 0.5) is 0 Å². The first-order valence-corrected chi connectivity index (χ1v) is 11.2. The van der Waals surface area contributed by atoms with Gasteiger partial charge in [-0.05, 0) is 24.6 Å². The van der Waals surface area contributed by atoms with Crippen molar-refractivity contribution in [2.45, 2.75) is 45.9 Å². The third kappa shape index (κ3) is 7.39. The Morgan fingerprint density at radius 1 is 1.32 bits per heavy atom. The molecule has 1 fully saturated rings. The second-order valence-electron chi connectivity index (χ2n) is 7.68. The van der Waals surface area contributed by atoms with Crippen molar-refractivity contribution in [3.05, 3.63) is 30.1 Å². The van der Waals surface area contributed by atoms with E-state index in [1.165, 1.54) is 14.0 Å². The lowest BCUT2D eigenvalue weighted by atomic mass is 9.87. The summed E-state index contributed by atoms with van der Waals surface area (Å²) in [6.45, 7) is 4.95. The summed E-state index contributed by atoms with van der Waals surface area (Å²) in [7, 11) is -2.74. The number of aromatic nitrogens is 1. The van der Waals surface area contributed by atoms with Crippen LogP contribution in [0.15, 0.2) is 24.5 Å². The lowest BCUT2D eigenvalue weighted by Gasteiger charge is -2.40. The van der Waals surface area contributed by atoms with Gasteiger partial charge in [0.2, 0.25) is 5.91 Å². The van der Waals surface area contributed by atoms with Gasteiger partial charge in [0.25, 0.3) is 0 Å². The molecule has 1 aromatic heterocycles. The molecule has 0 radical (unpaired) electrons. The first-order chi connectivity index (χ1) is 14.6. The first-order valence-electron chi connectivity index (χ1n) is 9.67. The predicted octanol–water partition coefficient (Wildman–Crippen LogP) is 1.33. The summed E-state index contributed by atoms with van der Waals surface area (Å²) in [6, 6.07) is 2.50. The summed E-state index contributed by atoms with van der Waals surface area (Å²) in [5.41, 5.74) is 0.00456. The van der Waals surface area contributed by atoms with Gasteiger partial charge in [0, 0.05) is 24.4 Å². The first kappa shape index (κ1) is 24.9. The third-order valence-corrected chi connectivity index (χ3v) is 6.14. The number of hydrogen-bond donors (Lipinski definition) is 2. The zero-order chi connectivity index (χ0) is 23.1. The van der Waals surface area contributed by atoms with Gasteiger partial charge in [0.1, 0.15) is 12.6 Å². The fourth-order valence-electron chi connectivity index (χ4n) is 2.67. The van der Waals surface area contributed by atoms with Crippen molar-refractivity contribution in [3.63, 3.8) is 0 Å². The van der Waals surface area contributed by atoms with E-state index in [1.54, 1.807) is 38.4 Å². The number of pyridine rings is 1. The van der Waals surface area contributed by atoms with Crippen LogP contribution in [0.3, 0.4) is 0 Å². The largest absolute Gasteiger partial charge is 0.468 e. The van der Waals surface area contributed by atoms with Gasteiger partial charge < -0.3 is 14.8 Å². The summed E-state index contributed by atoms with van der Waals surface area (Å²) in [6.07, 6.45) is 2.02. The van der Waals surface area contributed by atoms with Gasteiger partial charge in [0.15, 0.2) is 6.10 Å². The SMILES string of the molecule is COC(=O)[C@H](C)NP1(=O)OCC(C)(C)[C@H](C(=O)NCCC(=O)OCc2ccncc2)O1. The second kappa shape index (κ2) is 10.8. The Morgan fingerprint density at radius 2 is 2.00 bits per heavy atom. The minimum absolute atomic E-state index is 0.0150. The molecule has 31 heavy (non-hydrogen) atoms. The van der Waals surface area contributed by atoms with Crippen molar-refractivity contribution < 1.29 is 37.5 Å². The van der Waals surface area contributed by atoms with Crippen LogP contribution in [0.5, 0.6) is 0 Å². The molecule has 2 N–H and O–H groups in total. The minimum Gasteiger partial charge on any atom is -0.468 e. The van der Waals surface area contributed by atoms with E-state index >= 15 is 0 Å². The van der Waals surface area contributed by atoms with E-state index in [1.807, 2.05) is 0 Å². The molecule has 1 saturated heterocycles. The maximum atomic E-state index is 12.8. The van der Waals surface area contributed by atoms with Gasteiger partial charge >= 0.3 is 19.7 Å². The van der Waals surface area contributed by atoms with Crippen LogP contribution in [-0.2, 0) is 44.1 Å². The summed E-state index contributed by atoms with van der Waals surface area (Å²) in [5, 5.41) is 5.04. The zero-order valence-electron chi connectivity index (χ0n) is 18.0. The summed E-state index contributed by atoms with van der Waals surface area (Å²) in [4.78, 5) is 40.0. The van der Waals surface area contributed by atoms with Crippen molar-refractivity contribution in [3.8, 4) is 0 Å². The van der Waals surface area contributed by atoms with E-state index in [9.17, 15) is 18.9 Å². The summed E-state index contributed by atoms with van der Waals surface area (Å²) < 4.78 is 33.3. The Balaban J connectivity index is 1.86. The molecule has 12 heteroatoms. The lowest BCUT2D eigenvalue weighted by molar-refractivity contribution is -0.145. The quantitative estimate of drug-likeness (QED) is 0.412. The number of hydrogen-bond acceptors (Lipinski definition) is 9. The van der Waals surface area contributed by atoms with Crippen LogP contribution in [-0.4, -0.2) is 55.2 Å². The molecular weight excluding hydrogens is 429 g/mol. The van der Waals surface area contributed by atoms with Crippen LogP contribution in [0.1, 0.15) is 32.8 Å². The number of rotatable bonds is 9. The van der Waals surface area contributed by atoms with Crippen molar-refractivity contribution in [1.82, 2.24) is 15.4 Å². The van der Waals surface area contributed by atoms with Crippen LogP contribution in [0.2, 0.25) is 0 Å². The zero-order valence-corrected chi connectivity index (χ0v) is 18.8. The normalized spacial score (nSPS) is 23.4. The standard InChI is InChI=1S/C19H28N3O8P/c1-13(18(25)27-4)22-31(26)29-12-19(2,3)16(30-31)17(24)21-10-7-15(23)28-11-14-5-8-20-9-6-14/h5-6,8-9,13,16H,7,10-12H2,1-4H3,(H,21,24)(H,22,26)/t13-,16-,31?/m0/s1. The number of carbonyl (C=O) groups is 3. The van der Waals surface area contributed by atoms with E-state index in [0.29, 0.717) is 0 Å². The molecule has 3 atom stereocenters. The fourth-order valence-corrected chi connectivity index (χ4v) is 4.61. The number of amides is 1. The predicted molar refractivity (Wildman–Crippen MR) is 108 cm³/mol. The van der Waals surface area contributed by atoms with Crippen LogP contribution >= 0.6 is 7.75 Å². The number of methoxy groups -OCH3 is 1. The third-order valence-electron chi connectivity index (χ3n) is 4.48. The highest BCUT2D eigenvalue weighted by molar-refractivity contribution is 7.51. The molecule has 1 unspecified atom stereocenters.